The van der Waals surface area contributed by atoms with Crippen molar-refractivity contribution in [2.24, 2.45) is 0 Å². The minimum atomic E-state index is -3.00. The lowest BCUT2D eigenvalue weighted by Crippen LogP contribution is -2.37. The molecule has 1 fully saturated rings. The first-order chi connectivity index (χ1) is 12.9. The summed E-state index contributed by atoms with van der Waals surface area (Å²) >= 11 is 0. The number of nitrogens with zero attached hydrogens (tertiary/aromatic N) is 4. The zero-order valence-corrected chi connectivity index (χ0v) is 15.6. The number of benzene rings is 1. The molecular formula is C18H19N5O3S. The molecule has 8 nitrogen and oxygen atoms in total. The Morgan fingerprint density at radius 3 is 2.70 bits per heavy atom. The van der Waals surface area contributed by atoms with Crippen LogP contribution >= 0.6 is 0 Å². The summed E-state index contributed by atoms with van der Waals surface area (Å²) in [6.07, 6.45) is 3.38. The minimum absolute atomic E-state index is 0.0989. The molecule has 1 amide bonds. The van der Waals surface area contributed by atoms with Crippen molar-refractivity contribution in [2.75, 3.05) is 28.3 Å². The molecule has 1 aliphatic heterocycles. The molecule has 0 bridgehead atoms. The third-order valence-electron chi connectivity index (χ3n) is 4.40. The molecule has 2 aromatic rings. The summed E-state index contributed by atoms with van der Waals surface area (Å²) in [7, 11) is -3.00. The van der Waals surface area contributed by atoms with Gasteiger partial charge in [-0.15, -0.1) is 0 Å². The lowest BCUT2D eigenvalue weighted by molar-refractivity contribution is 0.102. The van der Waals surface area contributed by atoms with Crippen LogP contribution in [0.5, 0.6) is 0 Å². The van der Waals surface area contributed by atoms with E-state index in [1.54, 1.807) is 24.3 Å². The minimum Gasteiger partial charge on any atom is -0.337 e. The summed E-state index contributed by atoms with van der Waals surface area (Å²) in [5, 5.41) is 11.6. The standard InChI is InChI=1S/C18H19N5O3S/c1-2-23(16-6-7-27(25,26)12-16)18-20-10-14(11-21-18)17(24)22-15-5-3-4-13(8-15)9-19/h3-5,8,10-11,16H,2,6-7,12H2,1H3,(H,22,24). The van der Waals surface area contributed by atoms with E-state index in [-0.39, 0.29) is 29.0 Å². The zero-order chi connectivity index (χ0) is 19.4. The third kappa shape index (κ3) is 4.41. The Morgan fingerprint density at radius 2 is 2.11 bits per heavy atom. The molecule has 2 heterocycles. The fraction of sp³-hybridized carbons (Fsp3) is 0.333. The van der Waals surface area contributed by atoms with Gasteiger partial charge in [-0.1, -0.05) is 6.07 Å². The van der Waals surface area contributed by atoms with E-state index in [1.807, 2.05) is 17.9 Å². The lowest BCUT2D eigenvalue weighted by atomic mass is 10.2. The summed E-state index contributed by atoms with van der Waals surface area (Å²) in [5.41, 5.74) is 1.23. The summed E-state index contributed by atoms with van der Waals surface area (Å²) in [4.78, 5) is 22.7. The van der Waals surface area contributed by atoms with E-state index in [4.69, 9.17) is 5.26 Å². The highest BCUT2D eigenvalue weighted by Crippen LogP contribution is 2.21. The van der Waals surface area contributed by atoms with E-state index < -0.39 is 9.84 Å². The molecule has 1 unspecified atom stereocenters. The molecular weight excluding hydrogens is 366 g/mol. The molecule has 9 heteroatoms. The number of carbonyl (C=O) groups excluding carboxylic acids is 1. The Kier molecular flexibility index (Phi) is 5.37. The number of hydrogen-bond acceptors (Lipinski definition) is 7. The van der Waals surface area contributed by atoms with Crippen molar-refractivity contribution in [3.05, 3.63) is 47.8 Å². The fourth-order valence-corrected chi connectivity index (χ4v) is 4.77. The molecule has 3 rings (SSSR count). The maximum Gasteiger partial charge on any atom is 0.258 e. The predicted molar refractivity (Wildman–Crippen MR) is 101 cm³/mol. The predicted octanol–water partition coefficient (Wildman–Crippen LogP) is 1.61. The molecule has 0 spiro atoms. The molecule has 1 aromatic heterocycles. The summed E-state index contributed by atoms with van der Waals surface area (Å²) in [6.45, 7) is 2.49. The summed E-state index contributed by atoms with van der Waals surface area (Å²) in [5.74, 6) is 0.295. The largest absolute Gasteiger partial charge is 0.337 e. The van der Waals surface area contributed by atoms with Gasteiger partial charge in [0.2, 0.25) is 5.95 Å². The maximum atomic E-state index is 12.3. The number of nitrogens with one attached hydrogen (secondary N) is 1. The van der Waals surface area contributed by atoms with E-state index in [9.17, 15) is 13.2 Å². The molecule has 1 N–H and O–H groups in total. The second-order valence-corrected chi connectivity index (χ2v) is 8.49. The van der Waals surface area contributed by atoms with E-state index in [0.29, 0.717) is 30.2 Å². The number of aromatic nitrogens is 2. The number of nitriles is 1. The highest BCUT2D eigenvalue weighted by atomic mass is 32.2. The number of hydrogen-bond donors (Lipinski definition) is 1. The average Bonchev–Trinajstić information content (AvgIpc) is 3.02. The Bertz CT molecular complexity index is 983. The molecule has 1 saturated heterocycles. The fourth-order valence-electron chi connectivity index (χ4n) is 3.04. The first kappa shape index (κ1) is 18.8. The van der Waals surface area contributed by atoms with Crippen molar-refractivity contribution in [3.63, 3.8) is 0 Å². The highest BCUT2D eigenvalue weighted by Gasteiger charge is 2.32. The van der Waals surface area contributed by atoms with Crippen molar-refractivity contribution in [3.8, 4) is 6.07 Å². The molecule has 140 valence electrons. The van der Waals surface area contributed by atoms with Crippen molar-refractivity contribution >= 4 is 27.4 Å². The van der Waals surface area contributed by atoms with Crippen LogP contribution in [0.4, 0.5) is 11.6 Å². The number of anilines is 2. The first-order valence-electron chi connectivity index (χ1n) is 8.52. The number of carbonyl (C=O) groups is 1. The van der Waals surface area contributed by atoms with Gasteiger partial charge in [0.1, 0.15) is 0 Å². The van der Waals surface area contributed by atoms with E-state index >= 15 is 0 Å². The molecule has 1 aromatic carbocycles. The zero-order valence-electron chi connectivity index (χ0n) is 14.8. The van der Waals surface area contributed by atoms with E-state index in [0.717, 1.165) is 0 Å². The second-order valence-electron chi connectivity index (χ2n) is 6.26. The van der Waals surface area contributed by atoms with Crippen LogP contribution in [0.2, 0.25) is 0 Å². The normalized spacial score (nSPS) is 17.9. The SMILES string of the molecule is CCN(c1ncc(C(=O)Nc2cccc(C#N)c2)cn1)C1CCS(=O)(=O)C1. The van der Waals surface area contributed by atoms with Crippen LogP contribution in [0.1, 0.15) is 29.3 Å². The van der Waals surface area contributed by atoms with Gasteiger partial charge in [-0.2, -0.15) is 5.26 Å². The Labute approximate surface area is 157 Å². The summed E-state index contributed by atoms with van der Waals surface area (Å²) in [6, 6.07) is 8.47. The van der Waals surface area contributed by atoms with Gasteiger partial charge in [0.25, 0.3) is 5.91 Å². The van der Waals surface area contributed by atoms with Crippen molar-refractivity contribution in [1.29, 1.82) is 5.26 Å². The van der Waals surface area contributed by atoms with Crippen LogP contribution in [0.25, 0.3) is 0 Å². The van der Waals surface area contributed by atoms with Crippen LogP contribution in [-0.4, -0.2) is 48.4 Å². The van der Waals surface area contributed by atoms with Crippen LogP contribution in [0.3, 0.4) is 0 Å². The highest BCUT2D eigenvalue weighted by molar-refractivity contribution is 7.91. The molecule has 27 heavy (non-hydrogen) atoms. The molecule has 1 atom stereocenters. The molecule has 0 saturated carbocycles. The van der Waals surface area contributed by atoms with E-state index in [1.165, 1.54) is 12.4 Å². The molecule has 1 aliphatic rings. The van der Waals surface area contributed by atoms with Crippen molar-refractivity contribution < 1.29 is 13.2 Å². The van der Waals surface area contributed by atoms with Gasteiger partial charge in [-0.25, -0.2) is 18.4 Å². The first-order valence-corrected chi connectivity index (χ1v) is 10.3. The monoisotopic (exact) mass is 385 g/mol. The van der Waals surface area contributed by atoms with Gasteiger partial charge in [0, 0.05) is 30.7 Å². The van der Waals surface area contributed by atoms with Gasteiger partial charge < -0.3 is 10.2 Å². The van der Waals surface area contributed by atoms with Gasteiger partial charge >= 0.3 is 0 Å². The van der Waals surface area contributed by atoms with Gasteiger partial charge in [0.05, 0.1) is 28.7 Å². The summed E-state index contributed by atoms with van der Waals surface area (Å²) < 4.78 is 23.4. The molecule has 0 radical (unpaired) electrons. The van der Waals surface area contributed by atoms with Gasteiger partial charge in [0.15, 0.2) is 9.84 Å². The lowest BCUT2D eigenvalue weighted by Gasteiger charge is -2.26. The van der Waals surface area contributed by atoms with Crippen LogP contribution in [0.15, 0.2) is 36.7 Å². The Hall–Kier alpha value is -2.99. The van der Waals surface area contributed by atoms with E-state index in [2.05, 4.69) is 15.3 Å². The van der Waals surface area contributed by atoms with Crippen molar-refractivity contribution in [2.45, 2.75) is 19.4 Å². The number of rotatable bonds is 5. The number of sulfone groups is 1. The average molecular weight is 385 g/mol. The quantitative estimate of drug-likeness (QED) is 0.831. The molecule has 0 aliphatic carbocycles. The topological polar surface area (TPSA) is 116 Å². The second kappa shape index (κ2) is 7.72. The van der Waals surface area contributed by atoms with Crippen LogP contribution in [-0.2, 0) is 9.84 Å². The van der Waals surface area contributed by atoms with Crippen LogP contribution < -0.4 is 10.2 Å². The van der Waals surface area contributed by atoms with Gasteiger partial charge in [-0.3, -0.25) is 4.79 Å². The van der Waals surface area contributed by atoms with Gasteiger partial charge in [-0.05, 0) is 31.5 Å². The number of amides is 1. The smallest absolute Gasteiger partial charge is 0.258 e. The Morgan fingerprint density at radius 1 is 1.37 bits per heavy atom. The maximum absolute atomic E-state index is 12.3. The van der Waals surface area contributed by atoms with Crippen molar-refractivity contribution in [1.82, 2.24) is 9.97 Å². The van der Waals surface area contributed by atoms with Crippen LogP contribution in [0, 0.1) is 11.3 Å². The Balaban J connectivity index is 1.72. The third-order valence-corrected chi connectivity index (χ3v) is 6.15.